The third-order valence-electron chi connectivity index (χ3n) is 8.13. The predicted octanol–water partition coefficient (Wildman–Crippen LogP) is 4.21. The van der Waals surface area contributed by atoms with Crippen molar-refractivity contribution in [2.45, 2.75) is 32.2 Å². The van der Waals surface area contributed by atoms with Crippen LogP contribution in [-0.4, -0.2) is 53.8 Å². The first-order valence-corrected chi connectivity index (χ1v) is 15.0. The SMILES string of the molecule is Cc1cc(-c2cnc3c(NCC4CCS(=O)CC4)cc(Oc4cccnc4)nn23)ccc1C(=O)NC1C2CC21. The number of nitrogens with zero attached hydrogens (tertiary/aromatic N) is 4. The Morgan fingerprint density at radius 3 is 2.72 bits per heavy atom. The summed E-state index contributed by atoms with van der Waals surface area (Å²) in [6.07, 6.45) is 8.30. The van der Waals surface area contributed by atoms with Crippen molar-refractivity contribution in [1.29, 1.82) is 0 Å². The van der Waals surface area contributed by atoms with E-state index >= 15 is 0 Å². The van der Waals surface area contributed by atoms with Gasteiger partial charge in [0.25, 0.3) is 5.91 Å². The number of rotatable bonds is 8. The van der Waals surface area contributed by atoms with Crippen LogP contribution in [0.15, 0.2) is 55.0 Å². The van der Waals surface area contributed by atoms with E-state index in [0.29, 0.717) is 46.6 Å². The van der Waals surface area contributed by atoms with Crippen LogP contribution >= 0.6 is 0 Å². The Balaban J connectivity index is 1.19. The summed E-state index contributed by atoms with van der Waals surface area (Å²) in [5.74, 6) is 4.40. The fourth-order valence-electron chi connectivity index (χ4n) is 5.45. The lowest BCUT2D eigenvalue weighted by atomic mass is 10.0. The van der Waals surface area contributed by atoms with Gasteiger partial charge in [0.1, 0.15) is 5.75 Å². The maximum Gasteiger partial charge on any atom is 0.251 e. The Labute approximate surface area is 228 Å². The zero-order valence-electron chi connectivity index (χ0n) is 21.7. The lowest BCUT2D eigenvalue weighted by Crippen LogP contribution is -2.30. The highest BCUT2D eigenvalue weighted by atomic mass is 32.2. The van der Waals surface area contributed by atoms with Crippen molar-refractivity contribution in [3.63, 3.8) is 0 Å². The highest BCUT2D eigenvalue weighted by molar-refractivity contribution is 7.85. The van der Waals surface area contributed by atoms with E-state index in [-0.39, 0.29) is 5.91 Å². The van der Waals surface area contributed by atoms with Gasteiger partial charge in [-0.3, -0.25) is 14.0 Å². The summed E-state index contributed by atoms with van der Waals surface area (Å²) in [5, 5.41) is 11.5. The maximum absolute atomic E-state index is 12.8. The molecule has 1 amide bonds. The van der Waals surface area contributed by atoms with E-state index in [0.717, 1.165) is 53.4 Å². The molecule has 2 aliphatic carbocycles. The van der Waals surface area contributed by atoms with Gasteiger partial charge in [-0.2, -0.15) is 0 Å². The number of benzene rings is 1. The molecular weight excluding hydrogens is 512 g/mol. The number of imidazole rings is 1. The number of nitrogens with one attached hydrogen (secondary N) is 2. The zero-order chi connectivity index (χ0) is 26.5. The van der Waals surface area contributed by atoms with Gasteiger partial charge in [0.05, 0.1) is 23.8 Å². The standard InChI is InChI=1S/C29H30N6O3S/c1-17-11-19(4-5-21(17)29(36)33-27-22-12-23(22)27)25-16-32-28-24(31-14-18-6-9-39(37)10-7-18)13-26(34-35(25)28)38-20-3-2-8-30-15-20/h2-5,8,11,13,15-16,18,22-23,27,31H,6-7,9-10,12,14H2,1H3,(H,33,36). The summed E-state index contributed by atoms with van der Waals surface area (Å²) in [6, 6.07) is 11.7. The summed E-state index contributed by atoms with van der Waals surface area (Å²) in [5.41, 5.74) is 4.83. The molecule has 0 radical (unpaired) electrons. The second kappa shape index (κ2) is 9.75. The molecular formula is C29H30N6O3S. The largest absolute Gasteiger partial charge is 0.436 e. The monoisotopic (exact) mass is 542 g/mol. The van der Waals surface area contributed by atoms with Crippen LogP contribution < -0.4 is 15.4 Å². The third-order valence-corrected chi connectivity index (χ3v) is 9.51. The molecule has 4 heterocycles. The molecule has 200 valence electrons. The second-order valence-electron chi connectivity index (χ2n) is 10.8. The number of hydrogen-bond acceptors (Lipinski definition) is 7. The van der Waals surface area contributed by atoms with Crippen LogP contribution in [0.2, 0.25) is 0 Å². The average molecular weight is 543 g/mol. The molecule has 4 aromatic rings. The normalized spacial score (nSPS) is 25.1. The lowest BCUT2D eigenvalue weighted by molar-refractivity contribution is 0.0943. The number of carbonyl (C=O) groups is 1. The van der Waals surface area contributed by atoms with Crippen molar-refractivity contribution in [2.24, 2.45) is 17.8 Å². The van der Waals surface area contributed by atoms with Gasteiger partial charge in [0.15, 0.2) is 5.65 Å². The number of carbonyl (C=O) groups excluding carboxylic acids is 1. The van der Waals surface area contributed by atoms with Crippen molar-refractivity contribution in [3.8, 4) is 22.9 Å². The number of ether oxygens (including phenoxy) is 1. The molecule has 2 atom stereocenters. The summed E-state index contributed by atoms with van der Waals surface area (Å²) in [6.45, 7) is 2.72. The Morgan fingerprint density at radius 2 is 2.00 bits per heavy atom. The van der Waals surface area contributed by atoms with Crippen molar-refractivity contribution in [3.05, 3.63) is 66.1 Å². The first kappa shape index (κ1) is 24.3. The van der Waals surface area contributed by atoms with Crippen molar-refractivity contribution < 1.29 is 13.7 Å². The van der Waals surface area contributed by atoms with E-state index in [1.807, 2.05) is 43.3 Å². The van der Waals surface area contributed by atoms with E-state index in [1.54, 1.807) is 23.1 Å². The first-order chi connectivity index (χ1) is 19.0. The van der Waals surface area contributed by atoms with Gasteiger partial charge in [-0.1, -0.05) is 6.07 Å². The Kier molecular flexibility index (Phi) is 6.07. The van der Waals surface area contributed by atoms with E-state index in [4.69, 9.17) is 14.8 Å². The highest BCUT2D eigenvalue weighted by Crippen LogP contribution is 2.62. The number of amides is 1. The van der Waals surface area contributed by atoms with Crippen molar-refractivity contribution >= 4 is 28.0 Å². The molecule has 10 heteroatoms. The van der Waals surface area contributed by atoms with Crippen LogP contribution in [0.25, 0.3) is 16.9 Å². The maximum atomic E-state index is 12.8. The molecule has 3 fully saturated rings. The summed E-state index contributed by atoms with van der Waals surface area (Å²) in [4.78, 5) is 21.6. The van der Waals surface area contributed by atoms with Crippen LogP contribution in [0.1, 0.15) is 35.2 Å². The van der Waals surface area contributed by atoms with E-state index < -0.39 is 10.8 Å². The van der Waals surface area contributed by atoms with Crippen LogP contribution in [0.5, 0.6) is 11.6 Å². The van der Waals surface area contributed by atoms with Gasteiger partial charge in [-0.15, -0.1) is 5.10 Å². The van der Waals surface area contributed by atoms with Crippen LogP contribution in [0.4, 0.5) is 5.69 Å². The number of aromatic nitrogens is 4. The molecule has 39 heavy (non-hydrogen) atoms. The number of fused-ring (bicyclic) bond motifs is 2. The van der Waals surface area contributed by atoms with Crippen molar-refractivity contribution in [2.75, 3.05) is 23.4 Å². The molecule has 2 unspecified atom stereocenters. The van der Waals surface area contributed by atoms with Crippen LogP contribution in [0, 0.1) is 24.7 Å². The molecule has 0 bridgehead atoms. The topological polar surface area (TPSA) is 111 Å². The molecule has 1 aliphatic heterocycles. The van der Waals surface area contributed by atoms with Gasteiger partial charge in [-0.25, -0.2) is 9.50 Å². The van der Waals surface area contributed by atoms with Crippen molar-refractivity contribution in [1.82, 2.24) is 24.9 Å². The molecule has 0 spiro atoms. The van der Waals surface area contributed by atoms with E-state index in [1.165, 1.54) is 6.42 Å². The van der Waals surface area contributed by atoms with E-state index in [2.05, 4.69) is 15.6 Å². The van der Waals surface area contributed by atoms with Gasteiger partial charge in [0, 0.05) is 58.3 Å². The fourth-order valence-corrected chi connectivity index (χ4v) is 6.85. The minimum atomic E-state index is -0.687. The number of pyridine rings is 1. The summed E-state index contributed by atoms with van der Waals surface area (Å²) < 4.78 is 19.6. The van der Waals surface area contributed by atoms with E-state index in [9.17, 15) is 9.00 Å². The number of aryl methyl sites for hydroxylation is 1. The van der Waals surface area contributed by atoms with Gasteiger partial charge < -0.3 is 15.4 Å². The van der Waals surface area contributed by atoms with Gasteiger partial charge >= 0.3 is 0 Å². The minimum Gasteiger partial charge on any atom is -0.436 e. The average Bonchev–Trinajstić information content (AvgIpc) is 3.83. The zero-order valence-corrected chi connectivity index (χ0v) is 22.5. The number of hydrogen-bond donors (Lipinski definition) is 2. The quantitative estimate of drug-likeness (QED) is 0.343. The Hall–Kier alpha value is -3.79. The lowest BCUT2D eigenvalue weighted by Gasteiger charge is -2.22. The molecule has 3 aromatic heterocycles. The molecule has 9 nitrogen and oxygen atoms in total. The van der Waals surface area contributed by atoms with Gasteiger partial charge in [0.2, 0.25) is 5.88 Å². The fraction of sp³-hybridized carbons (Fsp3) is 0.379. The molecule has 2 N–H and O–H groups in total. The first-order valence-electron chi connectivity index (χ1n) is 13.5. The molecule has 7 rings (SSSR count). The smallest absolute Gasteiger partial charge is 0.251 e. The molecule has 3 aliphatic rings. The predicted molar refractivity (Wildman–Crippen MR) is 149 cm³/mol. The Bertz CT molecular complexity index is 1570. The van der Waals surface area contributed by atoms with Crippen LogP contribution in [0.3, 0.4) is 0 Å². The van der Waals surface area contributed by atoms with Crippen LogP contribution in [-0.2, 0) is 10.8 Å². The molecule has 1 saturated heterocycles. The Morgan fingerprint density at radius 1 is 1.15 bits per heavy atom. The number of anilines is 1. The highest BCUT2D eigenvalue weighted by Gasteiger charge is 2.64. The molecule has 1 aromatic carbocycles. The summed E-state index contributed by atoms with van der Waals surface area (Å²) in [7, 11) is -0.687. The second-order valence-corrected chi connectivity index (χ2v) is 12.5. The third kappa shape index (κ3) is 4.89. The van der Waals surface area contributed by atoms with Gasteiger partial charge in [-0.05, 0) is 73.8 Å². The molecule has 2 saturated carbocycles. The summed E-state index contributed by atoms with van der Waals surface area (Å²) >= 11 is 0. The minimum absolute atomic E-state index is 0.00212.